The molecule has 1 aliphatic heterocycles. The van der Waals surface area contributed by atoms with Crippen molar-refractivity contribution in [3.63, 3.8) is 0 Å². The maximum Gasteiger partial charge on any atom is 0.223 e. The molecule has 7 nitrogen and oxygen atoms in total. The van der Waals surface area contributed by atoms with Gasteiger partial charge in [0.15, 0.2) is 5.96 Å². The highest BCUT2D eigenvalue weighted by atomic mass is 127. The number of amides is 1. The number of piperazine rings is 1. The van der Waals surface area contributed by atoms with Gasteiger partial charge < -0.3 is 20.9 Å². The highest BCUT2D eigenvalue weighted by Gasteiger charge is 2.28. The second-order valence-corrected chi connectivity index (χ2v) is 8.56. The van der Waals surface area contributed by atoms with Crippen molar-refractivity contribution in [2.75, 3.05) is 58.9 Å². The number of carbonyl (C=O) groups is 1. The number of hydrogen-bond donors (Lipinski definition) is 3. The third kappa shape index (κ3) is 10.5. The number of benzene rings is 1. The summed E-state index contributed by atoms with van der Waals surface area (Å²) < 4.78 is 0. The van der Waals surface area contributed by atoms with Crippen LogP contribution in [0.3, 0.4) is 0 Å². The monoisotopic (exact) mass is 556 g/mol. The second kappa shape index (κ2) is 15.4. The number of rotatable bonds is 12. The van der Waals surface area contributed by atoms with Crippen LogP contribution in [-0.4, -0.2) is 80.6 Å². The van der Waals surface area contributed by atoms with Crippen LogP contribution in [0.15, 0.2) is 35.3 Å². The summed E-state index contributed by atoms with van der Waals surface area (Å²) in [6.45, 7) is 11.9. The van der Waals surface area contributed by atoms with Crippen molar-refractivity contribution >= 4 is 35.8 Å². The lowest BCUT2D eigenvalue weighted by atomic mass is 10.2. The van der Waals surface area contributed by atoms with Crippen molar-refractivity contribution in [1.29, 1.82) is 0 Å². The van der Waals surface area contributed by atoms with E-state index in [1.807, 2.05) is 0 Å². The van der Waals surface area contributed by atoms with Crippen molar-refractivity contribution < 1.29 is 4.79 Å². The van der Waals surface area contributed by atoms with Gasteiger partial charge >= 0.3 is 0 Å². The van der Waals surface area contributed by atoms with E-state index in [9.17, 15) is 4.79 Å². The lowest BCUT2D eigenvalue weighted by Gasteiger charge is -2.34. The van der Waals surface area contributed by atoms with Gasteiger partial charge in [0.05, 0.1) is 0 Å². The minimum Gasteiger partial charge on any atom is -0.357 e. The Morgan fingerprint density at radius 3 is 2.34 bits per heavy atom. The van der Waals surface area contributed by atoms with Gasteiger partial charge in [-0.15, -0.1) is 24.0 Å². The zero-order chi connectivity index (χ0) is 21.7. The summed E-state index contributed by atoms with van der Waals surface area (Å²) in [6.07, 6.45) is 4.37. The normalized spacial score (nSPS) is 17.5. The highest BCUT2D eigenvalue weighted by molar-refractivity contribution is 14.0. The number of halogens is 1. The molecule has 1 heterocycles. The van der Waals surface area contributed by atoms with E-state index in [2.05, 4.69) is 68.0 Å². The average Bonchev–Trinajstić information content (AvgIpc) is 3.64. The van der Waals surface area contributed by atoms with Crippen LogP contribution in [0.5, 0.6) is 0 Å². The smallest absolute Gasteiger partial charge is 0.223 e. The molecule has 1 saturated heterocycles. The Balaban J connectivity index is 0.00000363. The number of guanidine groups is 1. The van der Waals surface area contributed by atoms with Gasteiger partial charge in [-0.25, -0.2) is 0 Å². The Labute approximate surface area is 210 Å². The molecular formula is C24H41IN6O. The zero-order valence-corrected chi connectivity index (χ0v) is 21.9. The van der Waals surface area contributed by atoms with Crippen LogP contribution in [0.2, 0.25) is 0 Å². The van der Waals surface area contributed by atoms with Gasteiger partial charge in [-0.05, 0) is 44.7 Å². The summed E-state index contributed by atoms with van der Waals surface area (Å²) in [7, 11) is 0. The van der Waals surface area contributed by atoms with Crippen LogP contribution < -0.4 is 16.0 Å². The third-order valence-electron chi connectivity index (χ3n) is 5.88. The van der Waals surface area contributed by atoms with Crippen LogP contribution in [-0.2, 0) is 11.3 Å². The Hall–Kier alpha value is -1.39. The van der Waals surface area contributed by atoms with E-state index in [4.69, 9.17) is 0 Å². The molecule has 0 atom stereocenters. The largest absolute Gasteiger partial charge is 0.357 e. The predicted molar refractivity (Wildman–Crippen MR) is 143 cm³/mol. The molecule has 1 aromatic rings. The van der Waals surface area contributed by atoms with Crippen molar-refractivity contribution in [2.24, 2.45) is 10.9 Å². The summed E-state index contributed by atoms with van der Waals surface area (Å²) in [6, 6.07) is 10.8. The topological polar surface area (TPSA) is 72.0 Å². The second-order valence-electron chi connectivity index (χ2n) is 8.56. The van der Waals surface area contributed by atoms with Crippen molar-refractivity contribution in [3.8, 4) is 0 Å². The first kappa shape index (κ1) is 26.9. The summed E-state index contributed by atoms with van der Waals surface area (Å²) in [5, 5.41) is 9.57. The quantitative estimate of drug-likeness (QED) is 0.160. The number of unbranched alkanes of at least 4 members (excludes halogenated alkanes) is 1. The van der Waals surface area contributed by atoms with Gasteiger partial charge in [0.2, 0.25) is 5.91 Å². The lowest BCUT2D eigenvalue weighted by molar-refractivity contribution is -0.122. The Kier molecular flexibility index (Phi) is 13.0. The molecule has 0 unspecified atom stereocenters. The molecule has 0 spiro atoms. The molecular weight excluding hydrogens is 515 g/mol. The van der Waals surface area contributed by atoms with E-state index in [0.717, 1.165) is 77.6 Å². The molecule has 1 saturated carbocycles. The minimum atomic E-state index is 0. The first-order chi connectivity index (χ1) is 15.2. The molecule has 0 radical (unpaired) electrons. The molecule has 2 aliphatic rings. The highest BCUT2D eigenvalue weighted by Crippen LogP contribution is 2.28. The molecule has 1 aliphatic carbocycles. The van der Waals surface area contributed by atoms with E-state index >= 15 is 0 Å². The summed E-state index contributed by atoms with van der Waals surface area (Å²) in [4.78, 5) is 21.5. The van der Waals surface area contributed by atoms with Crippen LogP contribution in [0, 0.1) is 5.92 Å². The van der Waals surface area contributed by atoms with Crippen LogP contribution in [0.1, 0.15) is 38.2 Å². The fourth-order valence-corrected chi connectivity index (χ4v) is 3.85. The van der Waals surface area contributed by atoms with E-state index in [-0.39, 0.29) is 35.8 Å². The fraction of sp³-hybridized carbons (Fsp3) is 0.667. The number of nitrogens with one attached hydrogen (secondary N) is 3. The molecule has 8 heteroatoms. The van der Waals surface area contributed by atoms with Crippen LogP contribution in [0.4, 0.5) is 0 Å². The molecule has 2 fully saturated rings. The third-order valence-corrected chi connectivity index (χ3v) is 5.88. The van der Waals surface area contributed by atoms with Gasteiger partial charge in [0.1, 0.15) is 0 Å². The van der Waals surface area contributed by atoms with E-state index in [0.29, 0.717) is 13.1 Å². The Bertz CT molecular complexity index is 674. The predicted octanol–water partition coefficient (Wildman–Crippen LogP) is 2.28. The number of carbonyl (C=O) groups excluding carboxylic acids is 1. The minimum absolute atomic E-state index is 0. The maximum absolute atomic E-state index is 11.7. The van der Waals surface area contributed by atoms with Crippen LogP contribution in [0.25, 0.3) is 0 Å². The number of nitrogens with zero attached hydrogens (tertiary/aromatic N) is 3. The summed E-state index contributed by atoms with van der Waals surface area (Å²) in [5.74, 6) is 1.32. The molecule has 1 amide bonds. The van der Waals surface area contributed by atoms with Crippen LogP contribution >= 0.6 is 24.0 Å². The Morgan fingerprint density at radius 1 is 0.969 bits per heavy atom. The summed E-state index contributed by atoms with van der Waals surface area (Å²) >= 11 is 0. The summed E-state index contributed by atoms with van der Waals surface area (Å²) in [5.41, 5.74) is 1.41. The number of aliphatic imine (C=N–C) groups is 1. The Morgan fingerprint density at radius 2 is 1.66 bits per heavy atom. The van der Waals surface area contributed by atoms with Crippen molar-refractivity contribution in [2.45, 2.75) is 39.2 Å². The van der Waals surface area contributed by atoms with Gasteiger partial charge in [-0.2, -0.15) is 0 Å². The van der Waals surface area contributed by atoms with Gasteiger partial charge in [-0.1, -0.05) is 30.3 Å². The van der Waals surface area contributed by atoms with E-state index < -0.39 is 0 Å². The van der Waals surface area contributed by atoms with E-state index in [1.54, 1.807) is 0 Å². The SMILES string of the molecule is CCNC(=NCCCCN1CCN(Cc2ccccc2)CC1)NCCNC(=O)C1CC1.I. The first-order valence-corrected chi connectivity index (χ1v) is 12.0. The van der Waals surface area contributed by atoms with Gasteiger partial charge in [0, 0.05) is 64.8 Å². The van der Waals surface area contributed by atoms with Crippen molar-refractivity contribution in [1.82, 2.24) is 25.8 Å². The molecule has 180 valence electrons. The molecule has 1 aromatic carbocycles. The first-order valence-electron chi connectivity index (χ1n) is 12.0. The maximum atomic E-state index is 11.7. The standard InChI is InChI=1S/C24H40N6O.HI/c1-2-25-24(28-14-13-26-23(31)22-10-11-22)27-12-6-7-15-29-16-18-30(19-17-29)20-21-8-4-3-5-9-21;/h3-5,8-9,22H,2,6-7,10-20H2,1H3,(H,26,31)(H2,25,27,28);1H. The zero-order valence-electron chi connectivity index (χ0n) is 19.5. The number of hydrogen-bond acceptors (Lipinski definition) is 4. The molecule has 3 N–H and O–H groups in total. The van der Waals surface area contributed by atoms with Gasteiger partial charge in [-0.3, -0.25) is 14.7 Å². The molecule has 3 rings (SSSR count). The fourth-order valence-electron chi connectivity index (χ4n) is 3.85. The van der Waals surface area contributed by atoms with Crippen molar-refractivity contribution in [3.05, 3.63) is 35.9 Å². The molecule has 0 aromatic heterocycles. The molecule has 0 bridgehead atoms. The van der Waals surface area contributed by atoms with E-state index in [1.165, 1.54) is 12.0 Å². The molecule has 32 heavy (non-hydrogen) atoms. The lowest BCUT2D eigenvalue weighted by Crippen LogP contribution is -2.46. The average molecular weight is 557 g/mol. The van der Waals surface area contributed by atoms with Gasteiger partial charge in [0.25, 0.3) is 0 Å².